The fourth-order valence-electron chi connectivity index (χ4n) is 2.24. The van der Waals surface area contributed by atoms with Crippen molar-refractivity contribution in [3.63, 3.8) is 0 Å². The Morgan fingerprint density at radius 3 is 2.36 bits per heavy atom. The van der Waals surface area contributed by atoms with Crippen LogP contribution in [0, 0.1) is 0 Å². The highest BCUT2D eigenvalue weighted by Gasteiger charge is 2.19. The molecule has 0 bridgehead atoms. The highest BCUT2D eigenvalue weighted by molar-refractivity contribution is 5.90. The molecule has 0 fully saturated rings. The van der Waals surface area contributed by atoms with Gasteiger partial charge in [0, 0.05) is 0 Å². The molecule has 6 heteroatoms. The number of carbonyl (C=O) groups is 1. The summed E-state index contributed by atoms with van der Waals surface area (Å²) in [5.41, 5.74) is 0.957. The number of ether oxygens (including phenoxy) is 3. The lowest BCUT2D eigenvalue weighted by Crippen LogP contribution is -2.13. The Labute approximate surface area is 145 Å². The predicted octanol–water partition coefficient (Wildman–Crippen LogP) is 3.12. The largest absolute Gasteiger partial charge is 0.493 e. The molecule has 2 aromatic carbocycles. The second-order valence-corrected chi connectivity index (χ2v) is 5.12. The average molecular weight is 338 g/mol. The van der Waals surface area contributed by atoms with Crippen molar-refractivity contribution in [3.8, 4) is 17.2 Å². The number of hydrogen-bond donors (Lipinski definition) is 0. The lowest BCUT2D eigenvalue weighted by molar-refractivity contribution is 0.0439. The van der Waals surface area contributed by atoms with Crippen LogP contribution in [0.3, 0.4) is 0 Å². The van der Waals surface area contributed by atoms with Gasteiger partial charge in [-0.1, -0.05) is 36.4 Å². The molecular formula is C19H18N2O4. The Morgan fingerprint density at radius 2 is 1.68 bits per heavy atom. The molecule has 0 radical (unpaired) electrons. The van der Waals surface area contributed by atoms with E-state index in [0.717, 1.165) is 11.4 Å². The number of nitrogens with zero attached hydrogens (tertiary/aromatic N) is 2. The fourth-order valence-corrected chi connectivity index (χ4v) is 2.24. The monoisotopic (exact) mass is 338 g/mol. The predicted molar refractivity (Wildman–Crippen MR) is 92.3 cm³/mol. The number of benzene rings is 2. The maximum atomic E-state index is 12.2. The molecule has 3 rings (SSSR count). The van der Waals surface area contributed by atoms with E-state index in [1.165, 1.54) is 7.11 Å². The number of para-hydroxylation sites is 2. The average Bonchev–Trinajstić information content (AvgIpc) is 3.11. The minimum Gasteiger partial charge on any atom is -0.493 e. The van der Waals surface area contributed by atoms with E-state index in [1.807, 2.05) is 60.7 Å². The summed E-state index contributed by atoms with van der Waals surface area (Å²) in [5.74, 6) is 0.533. The van der Waals surface area contributed by atoms with Gasteiger partial charge in [-0.05, 0) is 24.3 Å². The van der Waals surface area contributed by atoms with E-state index in [4.69, 9.17) is 14.2 Å². The Morgan fingerprint density at radius 1 is 1.00 bits per heavy atom. The van der Waals surface area contributed by atoms with Crippen LogP contribution in [0.1, 0.15) is 10.5 Å². The summed E-state index contributed by atoms with van der Waals surface area (Å²) < 4.78 is 17.5. The molecule has 0 N–H and O–H groups in total. The molecule has 25 heavy (non-hydrogen) atoms. The first kappa shape index (κ1) is 16.6. The van der Waals surface area contributed by atoms with Crippen LogP contribution in [-0.2, 0) is 4.74 Å². The third kappa shape index (κ3) is 4.17. The van der Waals surface area contributed by atoms with Crippen LogP contribution in [0.4, 0.5) is 0 Å². The lowest BCUT2D eigenvalue weighted by Gasteiger charge is -2.06. The van der Waals surface area contributed by atoms with E-state index in [-0.39, 0.29) is 18.9 Å². The Balaban J connectivity index is 1.60. The van der Waals surface area contributed by atoms with Gasteiger partial charge < -0.3 is 14.2 Å². The SMILES string of the molecule is COc1cn(-c2ccccc2)nc1C(=O)OCCOc1ccccc1. The maximum absolute atomic E-state index is 12.2. The van der Waals surface area contributed by atoms with Crippen molar-refractivity contribution in [2.45, 2.75) is 0 Å². The van der Waals surface area contributed by atoms with Gasteiger partial charge in [0.25, 0.3) is 0 Å². The van der Waals surface area contributed by atoms with E-state index in [0.29, 0.717) is 5.75 Å². The van der Waals surface area contributed by atoms with Crippen molar-refractivity contribution in [2.75, 3.05) is 20.3 Å². The van der Waals surface area contributed by atoms with Crippen LogP contribution < -0.4 is 9.47 Å². The van der Waals surface area contributed by atoms with Crippen LogP contribution in [-0.4, -0.2) is 36.1 Å². The van der Waals surface area contributed by atoms with Crippen molar-refractivity contribution in [2.24, 2.45) is 0 Å². The summed E-state index contributed by atoms with van der Waals surface area (Å²) in [6, 6.07) is 18.8. The van der Waals surface area contributed by atoms with Gasteiger partial charge in [0.05, 0.1) is 19.0 Å². The van der Waals surface area contributed by atoms with Crippen molar-refractivity contribution >= 4 is 5.97 Å². The summed E-state index contributed by atoms with van der Waals surface area (Å²) in [6.45, 7) is 0.381. The van der Waals surface area contributed by atoms with Crippen LogP contribution in [0.25, 0.3) is 5.69 Å². The van der Waals surface area contributed by atoms with E-state index < -0.39 is 5.97 Å². The van der Waals surface area contributed by atoms with Gasteiger partial charge in [0.1, 0.15) is 19.0 Å². The minimum atomic E-state index is -0.553. The van der Waals surface area contributed by atoms with Crippen LogP contribution in [0.2, 0.25) is 0 Å². The first-order valence-electron chi connectivity index (χ1n) is 7.82. The van der Waals surface area contributed by atoms with Gasteiger partial charge >= 0.3 is 5.97 Å². The Hall–Kier alpha value is -3.28. The van der Waals surface area contributed by atoms with E-state index in [2.05, 4.69) is 5.10 Å². The molecule has 0 amide bonds. The van der Waals surface area contributed by atoms with Gasteiger partial charge in [-0.2, -0.15) is 5.10 Å². The molecule has 3 aromatic rings. The van der Waals surface area contributed by atoms with Crippen molar-refractivity contribution in [3.05, 3.63) is 72.6 Å². The summed E-state index contributed by atoms with van der Waals surface area (Å²) in [5, 5.41) is 4.26. The first-order chi connectivity index (χ1) is 12.3. The van der Waals surface area contributed by atoms with Gasteiger partial charge in [-0.15, -0.1) is 0 Å². The zero-order chi connectivity index (χ0) is 17.5. The molecule has 0 aliphatic heterocycles. The molecule has 1 aromatic heterocycles. The van der Waals surface area contributed by atoms with Crippen molar-refractivity contribution in [1.29, 1.82) is 0 Å². The molecular weight excluding hydrogens is 320 g/mol. The molecule has 0 saturated heterocycles. The molecule has 0 atom stereocenters. The fraction of sp³-hybridized carbons (Fsp3) is 0.158. The molecule has 0 aliphatic rings. The molecule has 1 heterocycles. The second-order valence-electron chi connectivity index (χ2n) is 5.12. The topological polar surface area (TPSA) is 62.6 Å². The van der Waals surface area contributed by atoms with Crippen molar-refractivity contribution < 1.29 is 19.0 Å². The quantitative estimate of drug-likeness (QED) is 0.489. The molecule has 6 nitrogen and oxygen atoms in total. The highest BCUT2D eigenvalue weighted by atomic mass is 16.6. The smallest absolute Gasteiger partial charge is 0.362 e. The first-order valence-corrected chi connectivity index (χ1v) is 7.82. The van der Waals surface area contributed by atoms with Gasteiger partial charge in [0.15, 0.2) is 5.75 Å². The van der Waals surface area contributed by atoms with Gasteiger partial charge in [-0.25, -0.2) is 9.48 Å². The molecule has 0 unspecified atom stereocenters. The molecule has 0 spiro atoms. The third-order valence-electron chi connectivity index (χ3n) is 3.44. The standard InChI is InChI=1S/C19H18N2O4/c1-23-17-14-21(15-8-4-2-5-9-15)20-18(17)19(22)25-13-12-24-16-10-6-3-7-11-16/h2-11,14H,12-13H2,1H3. The summed E-state index contributed by atoms with van der Waals surface area (Å²) >= 11 is 0. The zero-order valence-electron chi connectivity index (χ0n) is 13.8. The Kier molecular flexibility index (Phi) is 5.31. The third-order valence-corrected chi connectivity index (χ3v) is 3.44. The lowest BCUT2D eigenvalue weighted by atomic mass is 10.3. The van der Waals surface area contributed by atoms with Crippen molar-refractivity contribution in [1.82, 2.24) is 9.78 Å². The second kappa shape index (κ2) is 8.01. The number of rotatable bonds is 7. The summed E-state index contributed by atoms with van der Waals surface area (Å²) in [6.07, 6.45) is 1.65. The molecule has 128 valence electrons. The van der Waals surface area contributed by atoms with E-state index in [9.17, 15) is 4.79 Å². The normalized spacial score (nSPS) is 10.3. The number of hydrogen-bond acceptors (Lipinski definition) is 5. The molecule has 0 saturated carbocycles. The Bertz CT molecular complexity index is 816. The highest BCUT2D eigenvalue weighted by Crippen LogP contribution is 2.20. The molecule has 0 aliphatic carbocycles. The van der Waals surface area contributed by atoms with Crippen LogP contribution in [0.15, 0.2) is 66.9 Å². The summed E-state index contributed by atoms with van der Waals surface area (Å²) in [7, 11) is 1.49. The maximum Gasteiger partial charge on any atom is 0.362 e. The minimum absolute atomic E-state index is 0.120. The summed E-state index contributed by atoms with van der Waals surface area (Å²) in [4.78, 5) is 12.2. The van der Waals surface area contributed by atoms with Gasteiger partial charge in [-0.3, -0.25) is 0 Å². The van der Waals surface area contributed by atoms with E-state index >= 15 is 0 Å². The van der Waals surface area contributed by atoms with Crippen LogP contribution in [0.5, 0.6) is 11.5 Å². The number of aromatic nitrogens is 2. The van der Waals surface area contributed by atoms with Crippen LogP contribution >= 0.6 is 0 Å². The number of esters is 1. The van der Waals surface area contributed by atoms with E-state index in [1.54, 1.807) is 10.9 Å². The zero-order valence-corrected chi connectivity index (χ0v) is 13.8. The number of carbonyl (C=O) groups excluding carboxylic acids is 1. The van der Waals surface area contributed by atoms with Gasteiger partial charge in [0.2, 0.25) is 5.69 Å². The number of methoxy groups -OCH3 is 1.